The Balaban J connectivity index is 1.79. The largest absolute Gasteiger partial charge is 0.508 e. The van der Waals surface area contributed by atoms with Crippen molar-refractivity contribution >= 4 is 5.82 Å². The molecule has 0 spiro atoms. The number of hydrogen-bond donors (Lipinski definition) is 2. The number of aromatic hydroxyl groups is 1. The van der Waals surface area contributed by atoms with Gasteiger partial charge in [-0.3, -0.25) is 0 Å². The molecule has 1 aliphatic rings. The van der Waals surface area contributed by atoms with E-state index in [0.29, 0.717) is 18.3 Å². The van der Waals surface area contributed by atoms with Crippen LogP contribution in [0.2, 0.25) is 0 Å². The van der Waals surface area contributed by atoms with Gasteiger partial charge in [0.25, 0.3) is 0 Å². The first-order valence-electron chi connectivity index (χ1n) is 7.91. The molecule has 1 unspecified atom stereocenters. The van der Waals surface area contributed by atoms with Crippen molar-refractivity contribution in [1.82, 2.24) is 15.3 Å². The lowest BCUT2D eigenvalue weighted by molar-refractivity contribution is 0.325. The van der Waals surface area contributed by atoms with E-state index in [4.69, 9.17) is 4.74 Å². The van der Waals surface area contributed by atoms with Gasteiger partial charge in [0.2, 0.25) is 5.88 Å². The van der Waals surface area contributed by atoms with Gasteiger partial charge in [-0.2, -0.15) is 4.98 Å². The second kappa shape index (κ2) is 6.83. The van der Waals surface area contributed by atoms with Gasteiger partial charge in [0.1, 0.15) is 17.4 Å². The molecule has 0 amide bonds. The van der Waals surface area contributed by atoms with E-state index in [1.165, 1.54) is 0 Å². The lowest BCUT2D eigenvalue weighted by Crippen LogP contribution is -2.46. The molecule has 6 nitrogen and oxygen atoms in total. The molecule has 0 aliphatic carbocycles. The van der Waals surface area contributed by atoms with Crippen LogP contribution in [0.15, 0.2) is 30.3 Å². The van der Waals surface area contributed by atoms with Crippen molar-refractivity contribution in [1.29, 1.82) is 0 Å². The molecule has 1 atom stereocenters. The van der Waals surface area contributed by atoms with Gasteiger partial charge < -0.3 is 20.1 Å². The molecule has 0 bridgehead atoms. The van der Waals surface area contributed by atoms with Crippen LogP contribution < -0.4 is 15.0 Å². The Hall–Kier alpha value is -2.34. The first-order chi connectivity index (χ1) is 11.2. The summed E-state index contributed by atoms with van der Waals surface area (Å²) >= 11 is 0. The number of phenolic OH excluding ortho intramolecular Hbond substituents is 1. The van der Waals surface area contributed by atoms with E-state index in [1.54, 1.807) is 12.1 Å². The normalized spacial score (nSPS) is 18.0. The summed E-state index contributed by atoms with van der Waals surface area (Å²) in [6.45, 7) is 6.99. The molecular formula is C17H22N4O2. The number of anilines is 1. The van der Waals surface area contributed by atoms with Crippen LogP contribution in [0.4, 0.5) is 5.82 Å². The highest BCUT2D eigenvalue weighted by molar-refractivity contribution is 5.43. The fraction of sp³-hybridized carbons (Fsp3) is 0.412. The second-order valence-corrected chi connectivity index (χ2v) is 5.59. The number of aryl methyl sites for hydroxylation is 1. The molecule has 2 aromatic rings. The van der Waals surface area contributed by atoms with Crippen molar-refractivity contribution in [3.05, 3.63) is 41.7 Å². The van der Waals surface area contributed by atoms with E-state index in [9.17, 15) is 5.11 Å². The molecule has 0 saturated carbocycles. The van der Waals surface area contributed by atoms with Gasteiger partial charge in [-0.15, -0.1) is 0 Å². The van der Waals surface area contributed by atoms with Crippen molar-refractivity contribution < 1.29 is 9.84 Å². The number of nitrogens with one attached hydrogen (secondary N) is 1. The summed E-state index contributed by atoms with van der Waals surface area (Å²) in [7, 11) is 0. The highest BCUT2D eigenvalue weighted by Crippen LogP contribution is 2.24. The monoisotopic (exact) mass is 314 g/mol. The van der Waals surface area contributed by atoms with E-state index < -0.39 is 0 Å². The van der Waals surface area contributed by atoms with E-state index in [1.807, 2.05) is 32.0 Å². The van der Waals surface area contributed by atoms with Crippen LogP contribution in [-0.2, 0) is 0 Å². The Morgan fingerprint density at radius 2 is 2.09 bits per heavy atom. The molecule has 23 heavy (non-hydrogen) atoms. The maximum Gasteiger partial charge on any atom is 0.218 e. The third-order valence-corrected chi connectivity index (χ3v) is 3.89. The summed E-state index contributed by atoms with van der Waals surface area (Å²) in [6.07, 6.45) is 0. The number of ether oxygens (including phenoxy) is 1. The molecule has 2 heterocycles. The Labute approximate surface area is 136 Å². The lowest BCUT2D eigenvalue weighted by Gasteiger charge is -2.35. The van der Waals surface area contributed by atoms with E-state index in [2.05, 4.69) is 20.2 Å². The summed E-state index contributed by atoms with van der Waals surface area (Å²) in [5.41, 5.74) is 1.16. The summed E-state index contributed by atoms with van der Waals surface area (Å²) in [5, 5.41) is 12.9. The standard InChI is InChI=1S/C17H22N4O2/c1-3-23-17-10-16(19-12(2)20-17)21-9-8-18-15(11-21)13-4-6-14(22)7-5-13/h4-7,10,15,18,22H,3,8-9,11H2,1-2H3. The molecule has 1 aromatic carbocycles. The summed E-state index contributed by atoms with van der Waals surface area (Å²) in [5.74, 6) is 2.51. The highest BCUT2D eigenvalue weighted by Gasteiger charge is 2.22. The zero-order valence-electron chi connectivity index (χ0n) is 13.5. The quantitative estimate of drug-likeness (QED) is 0.900. The maximum atomic E-state index is 9.43. The number of phenols is 1. The number of aromatic nitrogens is 2. The number of nitrogens with zero attached hydrogens (tertiary/aromatic N) is 3. The predicted molar refractivity (Wildman–Crippen MR) is 89.0 cm³/mol. The predicted octanol–water partition coefficient (Wildman–Crippen LogP) is 2.04. The van der Waals surface area contributed by atoms with Gasteiger partial charge >= 0.3 is 0 Å². The van der Waals surface area contributed by atoms with Crippen molar-refractivity contribution in [3.8, 4) is 11.6 Å². The fourth-order valence-electron chi connectivity index (χ4n) is 2.80. The number of hydrogen-bond acceptors (Lipinski definition) is 6. The Morgan fingerprint density at radius 1 is 1.30 bits per heavy atom. The van der Waals surface area contributed by atoms with Crippen LogP contribution in [-0.4, -0.2) is 41.3 Å². The molecule has 6 heteroatoms. The lowest BCUT2D eigenvalue weighted by atomic mass is 10.0. The summed E-state index contributed by atoms with van der Waals surface area (Å²) < 4.78 is 5.52. The molecule has 2 N–H and O–H groups in total. The van der Waals surface area contributed by atoms with Crippen LogP contribution in [0.5, 0.6) is 11.6 Å². The van der Waals surface area contributed by atoms with Gasteiger partial charge in [0.05, 0.1) is 6.61 Å². The van der Waals surface area contributed by atoms with Crippen LogP contribution in [0.1, 0.15) is 24.4 Å². The SMILES string of the molecule is CCOc1cc(N2CCNC(c3ccc(O)cc3)C2)nc(C)n1. The minimum atomic E-state index is 0.204. The zero-order valence-corrected chi connectivity index (χ0v) is 13.5. The van der Waals surface area contributed by atoms with Gasteiger partial charge in [-0.25, -0.2) is 4.98 Å². The second-order valence-electron chi connectivity index (χ2n) is 5.59. The van der Waals surface area contributed by atoms with Crippen LogP contribution >= 0.6 is 0 Å². The van der Waals surface area contributed by atoms with Gasteiger partial charge in [-0.1, -0.05) is 12.1 Å². The first kappa shape index (κ1) is 15.6. The topological polar surface area (TPSA) is 70.5 Å². The third kappa shape index (κ3) is 3.71. The van der Waals surface area contributed by atoms with Crippen LogP contribution in [0.3, 0.4) is 0 Å². The van der Waals surface area contributed by atoms with E-state index in [-0.39, 0.29) is 11.8 Å². The van der Waals surface area contributed by atoms with Gasteiger partial charge in [0, 0.05) is 31.7 Å². The fourth-order valence-corrected chi connectivity index (χ4v) is 2.80. The van der Waals surface area contributed by atoms with Crippen molar-refractivity contribution in [3.63, 3.8) is 0 Å². The molecule has 0 radical (unpaired) electrons. The first-order valence-corrected chi connectivity index (χ1v) is 7.91. The Bertz CT molecular complexity index is 660. The van der Waals surface area contributed by atoms with Crippen LogP contribution in [0, 0.1) is 6.92 Å². The van der Waals surface area contributed by atoms with Crippen molar-refractivity contribution in [2.45, 2.75) is 19.9 Å². The van der Waals surface area contributed by atoms with Crippen molar-refractivity contribution in [2.24, 2.45) is 0 Å². The van der Waals surface area contributed by atoms with Crippen molar-refractivity contribution in [2.75, 3.05) is 31.1 Å². The van der Waals surface area contributed by atoms with Gasteiger partial charge in [0.15, 0.2) is 0 Å². The molecule has 1 aromatic heterocycles. The minimum absolute atomic E-state index is 0.204. The van der Waals surface area contributed by atoms with E-state index in [0.717, 1.165) is 31.0 Å². The Morgan fingerprint density at radius 3 is 2.83 bits per heavy atom. The summed E-state index contributed by atoms with van der Waals surface area (Å²) in [4.78, 5) is 11.1. The minimum Gasteiger partial charge on any atom is -0.508 e. The highest BCUT2D eigenvalue weighted by atomic mass is 16.5. The molecular weight excluding hydrogens is 292 g/mol. The molecule has 1 aliphatic heterocycles. The molecule has 3 rings (SSSR count). The Kier molecular flexibility index (Phi) is 4.62. The molecule has 1 saturated heterocycles. The summed E-state index contributed by atoms with van der Waals surface area (Å²) in [6, 6.07) is 9.45. The number of piperazine rings is 1. The molecule has 1 fully saturated rings. The smallest absolute Gasteiger partial charge is 0.218 e. The average molecular weight is 314 g/mol. The maximum absolute atomic E-state index is 9.43. The number of benzene rings is 1. The van der Waals surface area contributed by atoms with E-state index >= 15 is 0 Å². The zero-order chi connectivity index (χ0) is 16.2. The molecule has 122 valence electrons. The average Bonchev–Trinajstić information content (AvgIpc) is 2.55. The van der Waals surface area contributed by atoms with Crippen LogP contribution in [0.25, 0.3) is 0 Å². The third-order valence-electron chi connectivity index (χ3n) is 3.89. The number of rotatable bonds is 4. The van der Waals surface area contributed by atoms with Gasteiger partial charge in [-0.05, 0) is 31.5 Å².